The number of hydrogen-bond donors (Lipinski definition) is 2. The third kappa shape index (κ3) is 3.24. The number of nitrogens with one attached hydrogen (secondary N) is 1. The van der Waals surface area contributed by atoms with Crippen LogP contribution in [-0.4, -0.2) is 26.2 Å². The predicted octanol–water partition coefficient (Wildman–Crippen LogP) is 2.15. The number of halogens is 1. The molecule has 18 heavy (non-hydrogen) atoms. The average Bonchev–Trinajstić information content (AvgIpc) is 2.84. The van der Waals surface area contributed by atoms with Gasteiger partial charge in [-0.25, -0.2) is 13.1 Å². The summed E-state index contributed by atoms with van der Waals surface area (Å²) in [6, 6.07) is 1.58. The summed E-state index contributed by atoms with van der Waals surface area (Å²) in [5, 5.41) is 9.39. The van der Waals surface area contributed by atoms with E-state index in [4.69, 9.17) is 11.6 Å². The summed E-state index contributed by atoms with van der Waals surface area (Å²) in [7, 11) is -3.46. The fourth-order valence-corrected chi connectivity index (χ4v) is 4.97. The lowest BCUT2D eigenvalue weighted by Gasteiger charge is -2.10. The molecule has 102 valence electrons. The zero-order valence-electron chi connectivity index (χ0n) is 10.0. The van der Waals surface area contributed by atoms with Gasteiger partial charge in [0.15, 0.2) is 0 Å². The van der Waals surface area contributed by atoms with Crippen LogP contribution >= 0.6 is 22.9 Å². The second-order valence-electron chi connectivity index (χ2n) is 4.71. The maximum atomic E-state index is 12.0. The standard InChI is InChI=1S/C11H16ClNO3S2/c1-7-4-10(17-11(7)12)18(15,16)13-6-8-2-3-9(14)5-8/h4,8-9,13-14H,2-3,5-6H2,1H3. The van der Waals surface area contributed by atoms with Crippen LogP contribution in [0.25, 0.3) is 0 Å². The third-order valence-electron chi connectivity index (χ3n) is 3.18. The summed E-state index contributed by atoms with van der Waals surface area (Å²) >= 11 is 6.94. The molecule has 1 aliphatic rings. The molecule has 0 aliphatic heterocycles. The Balaban J connectivity index is 1.99. The molecule has 2 atom stereocenters. The highest BCUT2D eigenvalue weighted by molar-refractivity contribution is 7.91. The molecule has 2 N–H and O–H groups in total. The maximum Gasteiger partial charge on any atom is 0.250 e. The summed E-state index contributed by atoms with van der Waals surface area (Å²) in [4.78, 5) is 0. The van der Waals surface area contributed by atoms with E-state index in [1.54, 1.807) is 13.0 Å². The summed E-state index contributed by atoms with van der Waals surface area (Å²) in [5.41, 5.74) is 0.776. The lowest BCUT2D eigenvalue weighted by Crippen LogP contribution is -2.28. The predicted molar refractivity (Wildman–Crippen MR) is 72.6 cm³/mol. The summed E-state index contributed by atoms with van der Waals surface area (Å²) in [5.74, 6) is 0.228. The Labute approximate surface area is 116 Å². The summed E-state index contributed by atoms with van der Waals surface area (Å²) < 4.78 is 27.4. The third-order valence-corrected chi connectivity index (χ3v) is 6.63. The number of aliphatic hydroxyl groups excluding tert-OH is 1. The van der Waals surface area contributed by atoms with Crippen molar-refractivity contribution in [1.82, 2.24) is 4.72 Å². The molecule has 2 unspecified atom stereocenters. The molecule has 0 amide bonds. The lowest BCUT2D eigenvalue weighted by molar-refractivity contribution is 0.178. The van der Waals surface area contributed by atoms with Crippen molar-refractivity contribution < 1.29 is 13.5 Å². The van der Waals surface area contributed by atoms with Crippen molar-refractivity contribution in [3.63, 3.8) is 0 Å². The van der Waals surface area contributed by atoms with Gasteiger partial charge in [-0.3, -0.25) is 0 Å². The lowest BCUT2D eigenvalue weighted by atomic mass is 10.1. The highest BCUT2D eigenvalue weighted by Gasteiger charge is 2.25. The number of aryl methyl sites for hydroxylation is 1. The van der Waals surface area contributed by atoms with Gasteiger partial charge in [-0.1, -0.05) is 11.6 Å². The van der Waals surface area contributed by atoms with Gasteiger partial charge in [0.05, 0.1) is 10.4 Å². The Bertz CT molecular complexity index is 507. The molecule has 1 aromatic heterocycles. The van der Waals surface area contributed by atoms with E-state index in [-0.39, 0.29) is 16.2 Å². The molecule has 1 heterocycles. The van der Waals surface area contributed by atoms with Crippen LogP contribution < -0.4 is 4.72 Å². The van der Waals surface area contributed by atoms with E-state index in [1.807, 2.05) is 0 Å². The van der Waals surface area contributed by atoms with Crippen molar-refractivity contribution in [2.24, 2.45) is 5.92 Å². The normalized spacial score (nSPS) is 24.6. The molecule has 7 heteroatoms. The van der Waals surface area contributed by atoms with E-state index in [1.165, 1.54) is 0 Å². The van der Waals surface area contributed by atoms with Crippen molar-refractivity contribution >= 4 is 33.0 Å². The fraction of sp³-hybridized carbons (Fsp3) is 0.636. The first kappa shape index (κ1) is 14.3. The Morgan fingerprint density at radius 3 is 2.78 bits per heavy atom. The van der Waals surface area contributed by atoms with Gasteiger partial charge in [-0.15, -0.1) is 11.3 Å². The van der Waals surface area contributed by atoms with E-state index in [2.05, 4.69) is 4.72 Å². The minimum Gasteiger partial charge on any atom is -0.393 e. The van der Waals surface area contributed by atoms with Crippen LogP contribution in [0.1, 0.15) is 24.8 Å². The van der Waals surface area contributed by atoms with Gasteiger partial charge in [-0.05, 0) is 43.7 Å². The fourth-order valence-electron chi connectivity index (χ4n) is 2.10. The van der Waals surface area contributed by atoms with Crippen LogP contribution in [0, 0.1) is 12.8 Å². The molecule has 2 rings (SSSR count). The van der Waals surface area contributed by atoms with E-state index < -0.39 is 10.0 Å². The van der Waals surface area contributed by atoms with Crippen LogP contribution in [0.4, 0.5) is 0 Å². The molecule has 1 fully saturated rings. The van der Waals surface area contributed by atoms with E-state index >= 15 is 0 Å². The second-order valence-corrected chi connectivity index (χ2v) is 8.36. The van der Waals surface area contributed by atoms with Gasteiger partial charge in [0.2, 0.25) is 10.0 Å². The van der Waals surface area contributed by atoms with Crippen molar-refractivity contribution in [2.75, 3.05) is 6.54 Å². The van der Waals surface area contributed by atoms with E-state index in [9.17, 15) is 13.5 Å². The van der Waals surface area contributed by atoms with Crippen LogP contribution in [0.2, 0.25) is 4.34 Å². The smallest absolute Gasteiger partial charge is 0.250 e. The van der Waals surface area contributed by atoms with Crippen molar-refractivity contribution in [2.45, 2.75) is 36.5 Å². The molecule has 1 saturated carbocycles. The van der Waals surface area contributed by atoms with Gasteiger partial charge >= 0.3 is 0 Å². The molecule has 0 aromatic carbocycles. The maximum absolute atomic E-state index is 12.0. The van der Waals surface area contributed by atoms with Gasteiger partial charge in [0, 0.05) is 6.54 Å². The van der Waals surface area contributed by atoms with Crippen LogP contribution in [0.5, 0.6) is 0 Å². The van der Waals surface area contributed by atoms with Crippen LogP contribution in [0.3, 0.4) is 0 Å². The van der Waals surface area contributed by atoms with Crippen LogP contribution in [-0.2, 0) is 10.0 Å². The number of hydrogen-bond acceptors (Lipinski definition) is 4. The molecule has 0 radical (unpaired) electrons. The Morgan fingerprint density at radius 1 is 1.56 bits per heavy atom. The summed E-state index contributed by atoms with van der Waals surface area (Å²) in [6.45, 7) is 2.17. The Morgan fingerprint density at radius 2 is 2.28 bits per heavy atom. The van der Waals surface area contributed by atoms with Crippen molar-refractivity contribution in [3.8, 4) is 0 Å². The van der Waals surface area contributed by atoms with Gasteiger partial charge < -0.3 is 5.11 Å². The topological polar surface area (TPSA) is 66.4 Å². The number of sulfonamides is 1. The molecule has 0 saturated heterocycles. The molecule has 4 nitrogen and oxygen atoms in total. The Hall–Kier alpha value is -0.140. The largest absolute Gasteiger partial charge is 0.393 e. The highest BCUT2D eigenvalue weighted by Crippen LogP contribution is 2.30. The molecule has 0 bridgehead atoms. The molecule has 0 spiro atoms. The van der Waals surface area contributed by atoms with Gasteiger partial charge in [0.25, 0.3) is 0 Å². The summed E-state index contributed by atoms with van der Waals surface area (Å²) in [6.07, 6.45) is 2.02. The number of aliphatic hydroxyl groups is 1. The van der Waals surface area contributed by atoms with E-state index in [0.29, 0.717) is 17.3 Å². The first-order valence-corrected chi connectivity index (χ1v) is 8.50. The first-order chi connectivity index (χ1) is 8.38. The zero-order chi connectivity index (χ0) is 13.3. The number of rotatable bonds is 4. The SMILES string of the molecule is Cc1cc(S(=O)(=O)NCC2CCC(O)C2)sc1Cl. The van der Waals surface area contributed by atoms with Gasteiger partial charge in [0.1, 0.15) is 4.21 Å². The molecule has 1 aliphatic carbocycles. The van der Waals surface area contributed by atoms with Gasteiger partial charge in [-0.2, -0.15) is 0 Å². The van der Waals surface area contributed by atoms with E-state index in [0.717, 1.165) is 29.7 Å². The minimum atomic E-state index is -3.46. The van der Waals surface area contributed by atoms with Crippen LogP contribution in [0.15, 0.2) is 10.3 Å². The molecular weight excluding hydrogens is 294 g/mol. The molecule has 1 aromatic rings. The van der Waals surface area contributed by atoms with Crippen molar-refractivity contribution in [3.05, 3.63) is 16.0 Å². The highest BCUT2D eigenvalue weighted by atomic mass is 35.5. The molecular formula is C11H16ClNO3S2. The number of thiophene rings is 1. The minimum absolute atomic E-state index is 0.228. The monoisotopic (exact) mass is 309 g/mol. The second kappa shape index (κ2) is 5.46. The van der Waals surface area contributed by atoms with Crippen molar-refractivity contribution in [1.29, 1.82) is 0 Å². The quantitative estimate of drug-likeness (QED) is 0.895. The first-order valence-electron chi connectivity index (χ1n) is 5.82. The Kier molecular flexibility index (Phi) is 4.33. The average molecular weight is 310 g/mol. The zero-order valence-corrected chi connectivity index (χ0v) is 12.4.